The molecule has 4 heteroatoms. The zero-order chi connectivity index (χ0) is 13.7. The molecule has 0 bridgehead atoms. The lowest BCUT2D eigenvalue weighted by atomic mass is 10.2. The minimum absolute atomic E-state index is 0.403. The van der Waals surface area contributed by atoms with Crippen LogP contribution in [0.5, 0.6) is 11.5 Å². The van der Waals surface area contributed by atoms with Crippen LogP contribution in [0.2, 0.25) is 0 Å². The number of ether oxygens (including phenoxy) is 2. The molecule has 0 aliphatic rings. The summed E-state index contributed by atoms with van der Waals surface area (Å²) >= 11 is 0. The number of aromatic nitrogens is 1. The molecule has 1 aromatic heterocycles. The van der Waals surface area contributed by atoms with Gasteiger partial charge < -0.3 is 15.2 Å². The van der Waals surface area contributed by atoms with E-state index in [1.165, 1.54) is 0 Å². The van der Waals surface area contributed by atoms with Gasteiger partial charge in [-0.1, -0.05) is 12.1 Å². The van der Waals surface area contributed by atoms with Crippen molar-refractivity contribution in [2.24, 2.45) is 5.73 Å². The summed E-state index contributed by atoms with van der Waals surface area (Å²) in [6.07, 6.45) is 1.75. The quantitative estimate of drug-likeness (QED) is 0.896. The molecule has 0 aliphatic carbocycles. The first-order valence-corrected chi connectivity index (χ1v) is 6.14. The highest BCUT2D eigenvalue weighted by atomic mass is 16.5. The Hall–Kier alpha value is -1.91. The van der Waals surface area contributed by atoms with E-state index in [1.807, 2.05) is 37.3 Å². The highest BCUT2D eigenvalue weighted by molar-refractivity contribution is 5.38. The molecule has 0 saturated carbocycles. The first kappa shape index (κ1) is 13.5. The molecule has 0 aliphatic heterocycles. The van der Waals surface area contributed by atoms with Gasteiger partial charge in [0.25, 0.3) is 0 Å². The number of pyridine rings is 1. The van der Waals surface area contributed by atoms with Crippen molar-refractivity contribution >= 4 is 0 Å². The average Bonchev–Trinajstić information content (AvgIpc) is 2.40. The Balaban J connectivity index is 2.25. The molecule has 0 fully saturated rings. The van der Waals surface area contributed by atoms with E-state index in [2.05, 4.69) is 4.98 Å². The van der Waals surface area contributed by atoms with Gasteiger partial charge in [-0.05, 0) is 24.6 Å². The van der Waals surface area contributed by atoms with Crippen LogP contribution < -0.4 is 10.5 Å². The van der Waals surface area contributed by atoms with Crippen LogP contribution in [0.3, 0.4) is 0 Å². The van der Waals surface area contributed by atoms with Crippen molar-refractivity contribution in [3.05, 3.63) is 53.3 Å². The molecule has 19 heavy (non-hydrogen) atoms. The Morgan fingerprint density at radius 3 is 2.84 bits per heavy atom. The summed E-state index contributed by atoms with van der Waals surface area (Å²) < 4.78 is 11.0. The van der Waals surface area contributed by atoms with Crippen molar-refractivity contribution in [2.45, 2.75) is 20.1 Å². The zero-order valence-corrected chi connectivity index (χ0v) is 11.2. The van der Waals surface area contributed by atoms with Crippen molar-refractivity contribution in [1.82, 2.24) is 4.98 Å². The van der Waals surface area contributed by atoms with Gasteiger partial charge in [0.2, 0.25) is 0 Å². The van der Waals surface area contributed by atoms with Crippen molar-refractivity contribution in [1.29, 1.82) is 0 Å². The Morgan fingerprint density at radius 1 is 1.26 bits per heavy atom. The predicted octanol–water partition coefficient (Wildman–Crippen LogP) is 2.79. The molecule has 0 amide bonds. The second-order valence-corrected chi connectivity index (χ2v) is 4.32. The van der Waals surface area contributed by atoms with E-state index in [1.54, 1.807) is 13.3 Å². The van der Waals surface area contributed by atoms with E-state index in [0.29, 0.717) is 13.2 Å². The molecule has 4 nitrogen and oxygen atoms in total. The van der Waals surface area contributed by atoms with E-state index in [-0.39, 0.29) is 0 Å². The number of nitrogens with zero attached hydrogens (tertiary/aromatic N) is 1. The second-order valence-electron chi connectivity index (χ2n) is 4.32. The van der Waals surface area contributed by atoms with E-state index in [0.717, 1.165) is 28.3 Å². The molecule has 0 spiro atoms. The lowest BCUT2D eigenvalue weighted by Gasteiger charge is -2.11. The summed E-state index contributed by atoms with van der Waals surface area (Å²) in [5.74, 6) is 1.53. The van der Waals surface area contributed by atoms with Crippen molar-refractivity contribution in [3.8, 4) is 11.5 Å². The third-order valence-electron chi connectivity index (χ3n) is 2.74. The maximum Gasteiger partial charge on any atom is 0.135 e. The Labute approximate surface area is 113 Å². The first-order valence-electron chi connectivity index (χ1n) is 6.14. The van der Waals surface area contributed by atoms with E-state index in [9.17, 15) is 0 Å². The second kappa shape index (κ2) is 6.31. The largest absolute Gasteiger partial charge is 0.457 e. The first-order chi connectivity index (χ1) is 9.22. The van der Waals surface area contributed by atoms with E-state index >= 15 is 0 Å². The van der Waals surface area contributed by atoms with Gasteiger partial charge in [0.05, 0.1) is 6.61 Å². The predicted molar refractivity (Wildman–Crippen MR) is 74.1 cm³/mol. The third kappa shape index (κ3) is 3.53. The van der Waals surface area contributed by atoms with Gasteiger partial charge in [-0.2, -0.15) is 0 Å². The summed E-state index contributed by atoms with van der Waals surface area (Å²) in [5, 5.41) is 0. The van der Waals surface area contributed by atoms with Gasteiger partial charge in [-0.15, -0.1) is 0 Å². The van der Waals surface area contributed by atoms with Crippen molar-refractivity contribution < 1.29 is 9.47 Å². The summed E-state index contributed by atoms with van der Waals surface area (Å²) in [7, 11) is 1.67. The maximum atomic E-state index is 5.89. The normalized spacial score (nSPS) is 10.5. The molecule has 0 atom stereocenters. The fourth-order valence-electron chi connectivity index (χ4n) is 1.80. The van der Waals surface area contributed by atoms with Crippen molar-refractivity contribution in [3.63, 3.8) is 0 Å². The van der Waals surface area contributed by atoms with E-state index < -0.39 is 0 Å². The molecule has 1 heterocycles. The fourth-order valence-corrected chi connectivity index (χ4v) is 1.80. The number of methoxy groups -OCH3 is 1. The molecule has 1 aromatic carbocycles. The molecule has 0 radical (unpaired) electrons. The van der Waals surface area contributed by atoms with Crippen LogP contribution in [0.15, 0.2) is 36.5 Å². The summed E-state index contributed by atoms with van der Waals surface area (Å²) in [4.78, 5) is 4.22. The van der Waals surface area contributed by atoms with Crippen LogP contribution in [0.4, 0.5) is 0 Å². The van der Waals surface area contributed by atoms with Gasteiger partial charge in [-0.25, -0.2) is 0 Å². The molecular weight excluding hydrogens is 240 g/mol. The smallest absolute Gasteiger partial charge is 0.135 e. The molecule has 2 aromatic rings. The average molecular weight is 258 g/mol. The van der Waals surface area contributed by atoms with Crippen molar-refractivity contribution in [2.75, 3.05) is 7.11 Å². The van der Waals surface area contributed by atoms with Gasteiger partial charge in [0, 0.05) is 37.2 Å². The lowest BCUT2D eigenvalue weighted by Crippen LogP contribution is -2.01. The topological polar surface area (TPSA) is 57.4 Å². The van der Waals surface area contributed by atoms with E-state index in [4.69, 9.17) is 15.2 Å². The number of rotatable bonds is 5. The molecule has 100 valence electrons. The zero-order valence-electron chi connectivity index (χ0n) is 11.2. The van der Waals surface area contributed by atoms with Gasteiger partial charge >= 0.3 is 0 Å². The Morgan fingerprint density at radius 2 is 2.11 bits per heavy atom. The molecular formula is C15H18N2O2. The summed E-state index contributed by atoms with van der Waals surface area (Å²) in [6, 6.07) is 9.71. The minimum atomic E-state index is 0.403. The minimum Gasteiger partial charge on any atom is -0.457 e. The van der Waals surface area contributed by atoms with Crippen LogP contribution in [-0.2, 0) is 17.9 Å². The Bertz CT molecular complexity index is 556. The highest BCUT2D eigenvalue weighted by Crippen LogP contribution is 2.26. The fraction of sp³-hybridized carbons (Fsp3) is 0.267. The van der Waals surface area contributed by atoms with Gasteiger partial charge in [0.15, 0.2) is 0 Å². The van der Waals surface area contributed by atoms with Gasteiger partial charge in [0.1, 0.15) is 11.5 Å². The summed E-state index contributed by atoms with van der Waals surface area (Å²) in [6.45, 7) is 2.89. The standard InChI is InChI=1S/C15H18N2O2/c1-11-6-15(13(8-16)9-17-11)19-14-5-3-4-12(7-14)10-18-2/h3-7,9H,8,10,16H2,1-2H3. The van der Waals surface area contributed by atoms with Crippen LogP contribution in [0, 0.1) is 6.92 Å². The molecule has 0 saturated heterocycles. The van der Waals surface area contributed by atoms with Crippen LogP contribution in [0.25, 0.3) is 0 Å². The number of hydrogen-bond donors (Lipinski definition) is 1. The lowest BCUT2D eigenvalue weighted by molar-refractivity contribution is 0.184. The van der Waals surface area contributed by atoms with Gasteiger partial charge in [-0.3, -0.25) is 4.98 Å². The number of nitrogens with two attached hydrogens (primary N) is 1. The number of aryl methyl sites for hydroxylation is 1. The highest BCUT2D eigenvalue weighted by Gasteiger charge is 2.05. The van der Waals surface area contributed by atoms with Crippen LogP contribution in [-0.4, -0.2) is 12.1 Å². The SMILES string of the molecule is COCc1cccc(Oc2cc(C)ncc2CN)c1. The number of benzene rings is 1. The third-order valence-corrected chi connectivity index (χ3v) is 2.74. The molecule has 2 rings (SSSR count). The van der Waals surface area contributed by atoms with Crippen LogP contribution >= 0.6 is 0 Å². The molecule has 2 N–H and O–H groups in total. The monoisotopic (exact) mass is 258 g/mol. The maximum absolute atomic E-state index is 5.89. The summed E-state index contributed by atoms with van der Waals surface area (Å²) in [5.41, 5.74) is 8.56. The number of hydrogen-bond acceptors (Lipinski definition) is 4. The van der Waals surface area contributed by atoms with Crippen LogP contribution in [0.1, 0.15) is 16.8 Å². The Kier molecular flexibility index (Phi) is 4.49. The molecule has 0 unspecified atom stereocenters.